The first-order chi connectivity index (χ1) is 43.0. The standard InChI is InChI=1S/2C34H63ClN2O7S.2ClH/c2*1-6-8-9-10-11-12-13-14-15-16-17-18-19-21-27(38)43-32-30(40)29(39)31(44-34(32)45(5)42)28(24(3)35)36-33(41)26-22-25(20-7-2)23-37(26)4;;/h2*24-26,28-32,34,39-40H,6-23H2,1-5H3,(H,36,41);2*1H/t24-,25+,26-,28+,29+,30-,31+,32+,34+,45+;24-,25+,26-,28+,29+,30-,31+,32+,34+,45-;;/m00../s1. The zero-order chi connectivity index (χ0) is 66.7. The Labute approximate surface area is 583 Å². The highest BCUT2D eigenvalue weighted by molar-refractivity contribution is 7.85. The lowest BCUT2D eigenvalue weighted by Gasteiger charge is -2.45. The molecule has 92 heavy (non-hydrogen) atoms. The van der Waals surface area contributed by atoms with Gasteiger partial charge in [0, 0.05) is 38.4 Å². The van der Waals surface area contributed by atoms with Crippen molar-refractivity contribution in [3.05, 3.63) is 0 Å². The summed E-state index contributed by atoms with van der Waals surface area (Å²) in [6.45, 7) is 13.7. The van der Waals surface area contributed by atoms with Crippen molar-refractivity contribution in [2.75, 3.05) is 39.7 Å². The molecule has 0 aromatic carbocycles. The zero-order valence-corrected chi connectivity index (χ0v) is 62.8. The largest absolute Gasteiger partial charge is 0.456 e. The van der Waals surface area contributed by atoms with E-state index in [4.69, 9.17) is 42.1 Å². The van der Waals surface area contributed by atoms with Crippen molar-refractivity contribution >= 4 is 93.4 Å². The highest BCUT2D eigenvalue weighted by Crippen LogP contribution is 2.34. The van der Waals surface area contributed by atoms with Crippen LogP contribution in [0.4, 0.5) is 0 Å². The van der Waals surface area contributed by atoms with Crippen LogP contribution < -0.4 is 10.6 Å². The first-order valence-corrected chi connectivity index (χ1v) is 39.5. The molecular formula is C68H128Cl4N4O14S2. The van der Waals surface area contributed by atoms with Gasteiger partial charge in [-0.25, -0.2) is 0 Å². The molecule has 0 saturated carbocycles. The molecule has 4 aliphatic rings. The Kier molecular flexibility index (Phi) is 48.7. The molecular weight excluding hydrogens is 1300 g/mol. The van der Waals surface area contributed by atoms with Crippen LogP contribution in [0.15, 0.2) is 0 Å². The minimum absolute atomic E-state index is 0. The van der Waals surface area contributed by atoms with Gasteiger partial charge in [-0.3, -0.25) is 37.4 Å². The number of carbonyl (C=O) groups is 4. The molecule has 0 radical (unpaired) electrons. The number of esters is 2. The molecule has 18 nitrogen and oxygen atoms in total. The average Bonchev–Trinajstić information content (AvgIpc) is 0.986. The Hall–Kier alpha value is -0.980. The minimum atomic E-state index is -1.66. The van der Waals surface area contributed by atoms with Gasteiger partial charge in [0.2, 0.25) is 11.8 Å². The monoisotopic (exact) mass is 1430 g/mol. The third kappa shape index (κ3) is 31.9. The molecule has 6 N–H and O–H groups in total. The number of aliphatic hydroxyl groups is 4. The Bertz CT molecular complexity index is 1910. The number of hydrogen-bond acceptors (Lipinski definition) is 16. The molecule has 24 heteroatoms. The molecule has 4 aliphatic heterocycles. The zero-order valence-electron chi connectivity index (χ0n) is 58.0. The highest BCUT2D eigenvalue weighted by Gasteiger charge is 2.54. The predicted molar refractivity (Wildman–Crippen MR) is 378 cm³/mol. The van der Waals surface area contributed by atoms with Gasteiger partial charge in [0.25, 0.3) is 0 Å². The van der Waals surface area contributed by atoms with E-state index in [0.29, 0.717) is 24.7 Å². The summed E-state index contributed by atoms with van der Waals surface area (Å²) in [6, 6.07) is -2.40. The number of unbranched alkanes of at least 4 members (excludes halogenated alkanes) is 24. The van der Waals surface area contributed by atoms with Crippen molar-refractivity contribution in [1.82, 2.24) is 20.4 Å². The number of amides is 2. The Morgan fingerprint density at radius 2 is 0.750 bits per heavy atom. The molecule has 2 amide bonds. The minimum Gasteiger partial charge on any atom is -0.456 e. The third-order valence-corrected chi connectivity index (χ3v) is 21.5. The second kappa shape index (κ2) is 50.4. The van der Waals surface area contributed by atoms with Crippen LogP contribution in [0, 0.1) is 11.8 Å². The van der Waals surface area contributed by atoms with E-state index < -0.39 is 116 Å². The second-order valence-electron chi connectivity index (χ2n) is 26.9. The topological polar surface area (TPSA) is 251 Å². The van der Waals surface area contributed by atoms with E-state index in [1.54, 1.807) is 13.8 Å². The Morgan fingerprint density at radius 1 is 0.478 bits per heavy atom. The summed E-state index contributed by atoms with van der Waals surface area (Å²) in [6.07, 6.45) is 28.9. The van der Waals surface area contributed by atoms with Gasteiger partial charge in [-0.05, 0) is 78.3 Å². The maximum Gasteiger partial charge on any atom is 0.306 e. The highest BCUT2D eigenvalue weighted by atomic mass is 35.5. The number of rotatable bonds is 44. The maximum absolute atomic E-state index is 13.3. The number of halogens is 4. The van der Waals surface area contributed by atoms with Crippen molar-refractivity contribution in [2.45, 2.75) is 354 Å². The van der Waals surface area contributed by atoms with Crippen molar-refractivity contribution in [3.8, 4) is 0 Å². The lowest BCUT2D eigenvalue weighted by molar-refractivity contribution is -0.220. The smallest absolute Gasteiger partial charge is 0.306 e. The number of likely N-dealkylation sites (N-methyl/N-ethyl adjacent to an activating group) is 2. The molecule has 0 aliphatic carbocycles. The molecule has 544 valence electrons. The summed E-state index contributed by atoms with van der Waals surface area (Å²) >= 11 is 13.0. The molecule has 4 rings (SSSR count). The molecule has 0 aromatic rings. The van der Waals surface area contributed by atoms with Gasteiger partial charge < -0.3 is 50.0 Å². The molecule has 4 heterocycles. The maximum atomic E-state index is 13.3. The van der Waals surface area contributed by atoms with Crippen LogP contribution in [-0.4, -0.2) is 197 Å². The van der Waals surface area contributed by atoms with E-state index in [9.17, 15) is 48.0 Å². The fourth-order valence-electron chi connectivity index (χ4n) is 13.6. The summed E-state index contributed by atoms with van der Waals surface area (Å²) in [5.41, 5.74) is -2.36. The molecule has 0 aromatic heterocycles. The lowest BCUT2D eigenvalue weighted by atomic mass is 9.92. The number of nitrogens with one attached hydrogen (secondary N) is 2. The molecule has 20 atom stereocenters. The van der Waals surface area contributed by atoms with Gasteiger partial charge in [-0.1, -0.05) is 195 Å². The van der Waals surface area contributed by atoms with E-state index in [1.807, 2.05) is 23.9 Å². The van der Waals surface area contributed by atoms with Crippen LogP contribution in [0.25, 0.3) is 0 Å². The van der Waals surface area contributed by atoms with Gasteiger partial charge in [0.15, 0.2) is 23.1 Å². The second-order valence-corrected chi connectivity index (χ2v) is 31.2. The van der Waals surface area contributed by atoms with Crippen LogP contribution >= 0.6 is 48.0 Å². The van der Waals surface area contributed by atoms with E-state index in [0.717, 1.165) is 90.1 Å². The summed E-state index contributed by atoms with van der Waals surface area (Å²) in [4.78, 5) is 56.1. The summed E-state index contributed by atoms with van der Waals surface area (Å²) in [5.74, 6) is -0.619. The predicted octanol–water partition coefficient (Wildman–Crippen LogP) is 11.7. The van der Waals surface area contributed by atoms with Crippen molar-refractivity contribution < 1.29 is 67.0 Å². The summed E-state index contributed by atoms with van der Waals surface area (Å²) in [5, 5.41) is 48.9. The van der Waals surface area contributed by atoms with Gasteiger partial charge >= 0.3 is 11.9 Å². The normalized spacial score (nSPS) is 28.7. The lowest BCUT2D eigenvalue weighted by Crippen LogP contribution is -2.66. The first-order valence-electron chi connectivity index (χ1n) is 35.4. The van der Waals surface area contributed by atoms with Crippen molar-refractivity contribution in [2.24, 2.45) is 11.8 Å². The fraction of sp³-hybridized carbons (Fsp3) is 0.941. The molecule has 0 unspecified atom stereocenters. The fourth-order valence-corrected chi connectivity index (χ4v) is 15.8. The molecule has 4 saturated heterocycles. The SMILES string of the molecule is CCCCCCCCCCCCCCCC(=O)O[C@@H]1[C@@H](O)[C@@H](O)[C@@H]([C@H](NC(=O)[C@@H]2C[C@@H](CCC)CN2C)[C@H](C)Cl)O[C@@H]1[S@@](C)=O.CCCCCCCCCCCCCCCC(=O)O[C@@H]1[C@@H](O)[C@@H](O)[C@@H]([C@H](NC(=O)[C@@H]2C[C@@H](CCC)CN2C)[C@H](C)Cl)O[C@@H]1[S@](C)=O.Cl.Cl. The van der Waals surface area contributed by atoms with Crippen LogP contribution in [0.2, 0.25) is 0 Å². The number of aliphatic hydroxyl groups excluding tert-OH is 4. The Morgan fingerprint density at radius 3 is 1.00 bits per heavy atom. The van der Waals surface area contributed by atoms with Crippen LogP contribution in [0.1, 0.15) is 260 Å². The Balaban J connectivity index is 0.000000900. The van der Waals surface area contributed by atoms with Crippen LogP contribution in [-0.2, 0) is 59.7 Å². The van der Waals surface area contributed by atoms with E-state index in [1.165, 1.54) is 128 Å². The van der Waals surface area contributed by atoms with Crippen molar-refractivity contribution in [1.29, 1.82) is 0 Å². The number of carbonyl (C=O) groups excluding carboxylic acids is 4. The van der Waals surface area contributed by atoms with E-state index in [2.05, 4.69) is 38.3 Å². The van der Waals surface area contributed by atoms with Crippen LogP contribution in [0.5, 0.6) is 0 Å². The quantitative estimate of drug-likeness (QED) is 0.0188. The molecule has 0 spiro atoms. The summed E-state index contributed by atoms with van der Waals surface area (Å²) in [7, 11) is 0.511. The molecule has 4 fully saturated rings. The third-order valence-electron chi connectivity index (χ3n) is 18.9. The van der Waals surface area contributed by atoms with Gasteiger partial charge in [0.1, 0.15) is 36.6 Å². The van der Waals surface area contributed by atoms with E-state index in [-0.39, 0.29) is 61.6 Å². The van der Waals surface area contributed by atoms with Gasteiger partial charge in [-0.2, -0.15) is 0 Å². The van der Waals surface area contributed by atoms with E-state index >= 15 is 0 Å². The average molecular weight is 1430 g/mol. The van der Waals surface area contributed by atoms with Crippen molar-refractivity contribution in [3.63, 3.8) is 0 Å². The number of likely N-dealkylation sites (tertiary alicyclic amines) is 2. The number of ether oxygens (including phenoxy) is 4. The number of hydrogen-bond donors (Lipinski definition) is 6. The number of alkyl halides is 2. The molecule has 0 bridgehead atoms. The van der Waals surface area contributed by atoms with Gasteiger partial charge in [0.05, 0.1) is 56.5 Å². The van der Waals surface area contributed by atoms with Gasteiger partial charge in [-0.15, -0.1) is 48.0 Å². The van der Waals surface area contributed by atoms with Crippen LogP contribution in [0.3, 0.4) is 0 Å². The summed E-state index contributed by atoms with van der Waals surface area (Å²) < 4.78 is 48.6. The first kappa shape index (κ1) is 89.0. The number of nitrogens with zero attached hydrogens (tertiary/aromatic N) is 2.